The Morgan fingerprint density at radius 1 is 1.32 bits per heavy atom. The van der Waals surface area contributed by atoms with Gasteiger partial charge in [0.1, 0.15) is 11.9 Å². The molecule has 0 saturated heterocycles. The highest BCUT2D eigenvalue weighted by Crippen LogP contribution is 2.27. The monoisotopic (exact) mass is 321 g/mol. The van der Waals surface area contributed by atoms with Gasteiger partial charge in [0.25, 0.3) is 0 Å². The summed E-state index contributed by atoms with van der Waals surface area (Å²) < 4.78 is 6.93. The average molecular weight is 322 g/mol. The number of aliphatic hydroxyl groups is 1. The van der Waals surface area contributed by atoms with Gasteiger partial charge in [-0.05, 0) is 31.2 Å². The summed E-state index contributed by atoms with van der Waals surface area (Å²) in [5.74, 6) is 0.767. The first-order chi connectivity index (χ1) is 9.15. The van der Waals surface area contributed by atoms with Gasteiger partial charge < -0.3 is 9.84 Å². The summed E-state index contributed by atoms with van der Waals surface area (Å²) >= 11 is 3.42. The van der Waals surface area contributed by atoms with E-state index in [-0.39, 0.29) is 6.10 Å². The van der Waals surface area contributed by atoms with Gasteiger partial charge in [0, 0.05) is 28.9 Å². The van der Waals surface area contributed by atoms with E-state index in [1.54, 1.807) is 19.3 Å². The van der Waals surface area contributed by atoms with Gasteiger partial charge in [-0.3, -0.25) is 4.98 Å². The lowest BCUT2D eigenvalue weighted by Gasteiger charge is -2.20. The zero-order chi connectivity index (χ0) is 13.7. The zero-order valence-electron chi connectivity index (χ0n) is 10.7. The maximum atomic E-state index is 9.61. The average Bonchev–Trinajstić information content (AvgIpc) is 2.38. The molecule has 0 amide bonds. The van der Waals surface area contributed by atoms with Crippen LogP contribution in [0, 0.1) is 0 Å². The van der Waals surface area contributed by atoms with Crippen LogP contribution in [0.5, 0.6) is 5.75 Å². The molecule has 0 spiro atoms. The van der Waals surface area contributed by atoms with Gasteiger partial charge >= 0.3 is 0 Å². The molecule has 0 bridgehead atoms. The second-order valence-corrected chi connectivity index (χ2v) is 5.35. The molecule has 2 unspecified atom stereocenters. The molecule has 4 heteroatoms. The van der Waals surface area contributed by atoms with E-state index in [1.807, 2.05) is 36.4 Å². The summed E-state index contributed by atoms with van der Waals surface area (Å²) in [7, 11) is 0. The number of aromatic nitrogens is 1. The minimum atomic E-state index is -0.433. The molecule has 1 aromatic heterocycles. The summed E-state index contributed by atoms with van der Waals surface area (Å²) in [6.07, 6.45) is 3.38. The fourth-order valence-corrected chi connectivity index (χ4v) is 2.21. The van der Waals surface area contributed by atoms with Crippen LogP contribution >= 0.6 is 15.9 Å². The smallest absolute Gasteiger partial charge is 0.128 e. The van der Waals surface area contributed by atoms with Gasteiger partial charge in [-0.25, -0.2) is 0 Å². The molecular formula is C15H16BrNO2. The Bertz CT molecular complexity index is 517. The lowest BCUT2D eigenvalue weighted by atomic mass is 10.1. The van der Waals surface area contributed by atoms with Crippen LogP contribution < -0.4 is 4.74 Å². The lowest BCUT2D eigenvalue weighted by Crippen LogP contribution is -2.14. The molecule has 0 radical (unpaired) electrons. The third-order valence-corrected chi connectivity index (χ3v) is 3.18. The SMILES string of the molecule is CC(O)CC(Oc1cccc(Br)c1)c1cccnc1. The zero-order valence-corrected chi connectivity index (χ0v) is 12.2. The Hall–Kier alpha value is -1.39. The predicted molar refractivity (Wildman–Crippen MR) is 78.0 cm³/mol. The van der Waals surface area contributed by atoms with Crippen molar-refractivity contribution in [2.24, 2.45) is 0 Å². The predicted octanol–water partition coefficient (Wildman–Crippen LogP) is 3.74. The third kappa shape index (κ3) is 4.33. The van der Waals surface area contributed by atoms with E-state index in [2.05, 4.69) is 20.9 Å². The normalized spacial score (nSPS) is 13.8. The van der Waals surface area contributed by atoms with Crippen molar-refractivity contribution in [3.8, 4) is 5.75 Å². The van der Waals surface area contributed by atoms with Crippen molar-refractivity contribution >= 4 is 15.9 Å². The standard InChI is InChI=1S/C15H16BrNO2/c1-11(18)8-15(12-4-3-7-17-10-12)19-14-6-2-5-13(16)9-14/h2-7,9-11,15,18H,8H2,1H3. The summed E-state index contributed by atoms with van der Waals surface area (Å²) in [5, 5.41) is 9.61. The Labute approximate surface area is 121 Å². The van der Waals surface area contributed by atoms with E-state index >= 15 is 0 Å². The van der Waals surface area contributed by atoms with E-state index in [9.17, 15) is 5.11 Å². The first-order valence-corrected chi connectivity index (χ1v) is 6.94. The van der Waals surface area contributed by atoms with Crippen LogP contribution in [0.4, 0.5) is 0 Å². The molecule has 2 aromatic rings. The van der Waals surface area contributed by atoms with Crippen molar-refractivity contribution in [2.45, 2.75) is 25.6 Å². The molecule has 3 nitrogen and oxygen atoms in total. The van der Waals surface area contributed by atoms with Gasteiger partial charge in [0.05, 0.1) is 6.10 Å². The van der Waals surface area contributed by atoms with Crippen LogP contribution in [0.1, 0.15) is 25.0 Å². The summed E-state index contributed by atoms with van der Waals surface area (Å²) in [6.45, 7) is 1.76. The van der Waals surface area contributed by atoms with Crippen molar-refractivity contribution in [3.05, 3.63) is 58.8 Å². The van der Waals surface area contributed by atoms with Crippen molar-refractivity contribution in [1.29, 1.82) is 0 Å². The fourth-order valence-electron chi connectivity index (χ4n) is 1.83. The minimum Gasteiger partial charge on any atom is -0.486 e. The number of hydrogen-bond donors (Lipinski definition) is 1. The van der Waals surface area contributed by atoms with E-state index in [4.69, 9.17) is 4.74 Å². The maximum absolute atomic E-state index is 9.61. The van der Waals surface area contributed by atoms with Gasteiger partial charge in [-0.2, -0.15) is 0 Å². The Morgan fingerprint density at radius 3 is 2.79 bits per heavy atom. The summed E-state index contributed by atoms with van der Waals surface area (Å²) in [6, 6.07) is 11.5. The van der Waals surface area contributed by atoms with Crippen molar-refractivity contribution in [2.75, 3.05) is 0 Å². The number of rotatable bonds is 5. The molecule has 19 heavy (non-hydrogen) atoms. The van der Waals surface area contributed by atoms with Crippen LogP contribution in [0.25, 0.3) is 0 Å². The molecule has 0 aliphatic rings. The van der Waals surface area contributed by atoms with Crippen molar-refractivity contribution in [1.82, 2.24) is 4.98 Å². The number of nitrogens with zero attached hydrogens (tertiary/aromatic N) is 1. The highest BCUT2D eigenvalue weighted by atomic mass is 79.9. The number of ether oxygens (including phenoxy) is 1. The first-order valence-electron chi connectivity index (χ1n) is 6.15. The van der Waals surface area contributed by atoms with Crippen LogP contribution in [0.3, 0.4) is 0 Å². The molecule has 0 saturated carbocycles. The Morgan fingerprint density at radius 2 is 2.16 bits per heavy atom. The molecule has 100 valence electrons. The number of hydrogen-bond acceptors (Lipinski definition) is 3. The van der Waals surface area contributed by atoms with E-state index in [1.165, 1.54) is 0 Å². The molecule has 1 N–H and O–H groups in total. The summed E-state index contributed by atoms with van der Waals surface area (Å²) in [4.78, 5) is 4.10. The summed E-state index contributed by atoms with van der Waals surface area (Å²) in [5.41, 5.74) is 0.961. The fraction of sp³-hybridized carbons (Fsp3) is 0.267. The molecule has 1 heterocycles. The van der Waals surface area contributed by atoms with Crippen LogP contribution in [-0.2, 0) is 0 Å². The third-order valence-electron chi connectivity index (χ3n) is 2.69. The van der Waals surface area contributed by atoms with Gasteiger partial charge in [0.2, 0.25) is 0 Å². The van der Waals surface area contributed by atoms with E-state index < -0.39 is 6.10 Å². The molecule has 0 aliphatic heterocycles. The number of halogens is 1. The van der Waals surface area contributed by atoms with Crippen molar-refractivity contribution in [3.63, 3.8) is 0 Å². The topological polar surface area (TPSA) is 42.4 Å². The van der Waals surface area contributed by atoms with Gasteiger partial charge in [-0.15, -0.1) is 0 Å². The van der Waals surface area contributed by atoms with Gasteiger partial charge in [0.15, 0.2) is 0 Å². The van der Waals surface area contributed by atoms with Crippen molar-refractivity contribution < 1.29 is 9.84 Å². The van der Waals surface area contributed by atoms with E-state index in [0.29, 0.717) is 6.42 Å². The van der Waals surface area contributed by atoms with Gasteiger partial charge in [-0.1, -0.05) is 28.1 Å². The van der Waals surface area contributed by atoms with E-state index in [0.717, 1.165) is 15.8 Å². The first kappa shape index (κ1) is 14.0. The Balaban J connectivity index is 2.19. The number of pyridine rings is 1. The second kappa shape index (κ2) is 6.68. The molecule has 2 atom stereocenters. The highest BCUT2D eigenvalue weighted by molar-refractivity contribution is 9.10. The molecular weight excluding hydrogens is 306 g/mol. The highest BCUT2D eigenvalue weighted by Gasteiger charge is 2.16. The number of aliphatic hydroxyl groups excluding tert-OH is 1. The van der Waals surface area contributed by atoms with Crippen LogP contribution in [-0.4, -0.2) is 16.2 Å². The lowest BCUT2D eigenvalue weighted by molar-refractivity contribution is 0.106. The van der Waals surface area contributed by atoms with Crippen LogP contribution in [0.15, 0.2) is 53.3 Å². The molecule has 0 aliphatic carbocycles. The second-order valence-electron chi connectivity index (χ2n) is 4.43. The number of benzene rings is 1. The minimum absolute atomic E-state index is 0.206. The molecule has 2 rings (SSSR count). The maximum Gasteiger partial charge on any atom is 0.128 e. The Kier molecular flexibility index (Phi) is 4.93. The molecule has 0 fully saturated rings. The molecule has 1 aromatic carbocycles. The van der Waals surface area contributed by atoms with Crippen LogP contribution in [0.2, 0.25) is 0 Å². The quantitative estimate of drug-likeness (QED) is 0.912. The largest absolute Gasteiger partial charge is 0.486 e.